The van der Waals surface area contributed by atoms with Crippen molar-refractivity contribution in [1.82, 2.24) is 0 Å². The van der Waals surface area contributed by atoms with Gasteiger partial charge in [-0.15, -0.1) is 0 Å². The molecule has 0 amide bonds. The molecule has 0 heterocycles. The topological polar surface area (TPSA) is 87.7 Å². The molecule has 0 fully saturated rings. The highest BCUT2D eigenvalue weighted by molar-refractivity contribution is 7.87. The second-order valence-corrected chi connectivity index (χ2v) is 4.01. The summed E-state index contributed by atoms with van der Waals surface area (Å²) in [5.74, 6) is 0.291. The summed E-state index contributed by atoms with van der Waals surface area (Å²) in [6, 6.07) is 6.27. The van der Waals surface area contributed by atoms with Crippen molar-refractivity contribution in [2.24, 2.45) is 0 Å². The summed E-state index contributed by atoms with van der Waals surface area (Å²) < 4.78 is 43.4. The fourth-order valence-electron chi connectivity index (χ4n) is 1.05. The molecule has 0 saturated heterocycles. The number of ether oxygens (including phenoxy) is 2. The van der Waals surface area contributed by atoms with Gasteiger partial charge in [0.25, 0.3) is 0 Å². The fourth-order valence-corrected chi connectivity index (χ4v) is 1.48. The highest BCUT2D eigenvalue weighted by Crippen LogP contribution is 2.24. The van der Waals surface area contributed by atoms with Crippen LogP contribution < -0.4 is 9.46 Å². The van der Waals surface area contributed by atoms with Gasteiger partial charge in [-0.2, -0.15) is 0 Å². The van der Waals surface area contributed by atoms with Gasteiger partial charge in [0.05, 0.1) is 12.3 Å². The summed E-state index contributed by atoms with van der Waals surface area (Å²) in [6.07, 6.45) is 0. The van der Waals surface area contributed by atoms with Crippen LogP contribution in [0.4, 0.5) is 5.69 Å². The zero-order valence-electron chi connectivity index (χ0n) is 8.67. The summed E-state index contributed by atoms with van der Waals surface area (Å²) in [7, 11) is -3.02. The maximum absolute atomic E-state index is 10.5. The van der Waals surface area contributed by atoms with E-state index < -0.39 is 10.3 Å². The number of rotatable bonds is 6. The van der Waals surface area contributed by atoms with Crippen molar-refractivity contribution < 1.29 is 22.4 Å². The van der Waals surface area contributed by atoms with Crippen molar-refractivity contribution in [3.8, 4) is 5.75 Å². The van der Waals surface area contributed by atoms with Crippen LogP contribution in [-0.4, -0.2) is 33.3 Å². The Morgan fingerprint density at radius 1 is 1.31 bits per heavy atom. The number of hydrogen-bond donors (Lipinski definition) is 1. The molecule has 7 heteroatoms. The molecule has 0 aliphatic heterocycles. The van der Waals surface area contributed by atoms with E-state index in [1.54, 1.807) is 18.2 Å². The van der Waals surface area contributed by atoms with E-state index in [4.69, 9.17) is 9.47 Å². The predicted molar refractivity (Wildman–Crippen MR) is 57.1 cm³/mol. The van der Waals surface area contributed by atoms with Gasteiger partial charge in [-0.25, -0.2) is 8.42 Å². The third-order valence-electron chi connectivity index (χ3n) is 1.67. The first kappa shape index (κ1) is 12.8. The Morgan fingerprint density at radius 2 is 2.00 bits per heavy atom. The second kappa shape index (κ2) is 5.69. The number of anilines is 1. The van der Waals surface area contributed by atoms with Gasteiger partial charge in [-0.1, -0.05) is 12.1 Å². The average Bonchev–Trinajstić information content (AvgIpc) is 2.19. The minimum atomic E-state index is -4.54. The summed E-state index contributed by atoms with van der Waals surface area (Å²) in [5, 5.41) is 0. The standard InChI is InChI=1S/C9H13NO5S/c1-14-6-7-15-9-5-3-2-4-8(9)10-16(11,12)13/h2-5,10H,6-7H2,1H3,(H,11,12,13)/p-1. The third kappa shape index (κ3) is 4.47. The van der Waals surface area contributed by atoms with Crippen LogP contribution in [-0.2, 0) is 15.0 Å². The lowest BCUT2D eigenvalue weighted by atomic mass is 10.3. The maximum Gasteiger partial charge on any atom is 0.181 e. The molecule has 0 aromatic heterocycles. The summed E-state index contributed by atoms with van der Waals surface area (Å²) in [5.41, 5.74) is 0.119. The van der Waals surface area contributed by atoms with Gasteiger partial charge in [0, 0.05) is 7.11 Å². The Hall–Kier alpha value is -1.31. The first-order chi connectivity index (χ1) is 7.53. The Bertz CT molecular complexity index is 431. The zero-order valence-corrected chi connectivity index (χ0v) is 9.49. The van der Waals surface area contributed by atoms with E-state index in [0.29, 0.717) is 12.4 Å². The molecular weight excluding hydrogens is 234 g/mol. The minimum Gasteiger partial charge on any atom is -0.731 e. The van der Waals surface area contributed by atoms with E-state index in [2.05, 4.69) is 0 Å². The number of para-hydroxylation sites is 2. The Kier molecular flexibility index (Phi) is 4.53. The van der Waals surface area contributed by atoms with Crippen LogP contribution in [0.15, 0.2) is 24.3 Å². The number of benzene rings is 1. The molecule has 1 rings (SSSR count). The molecule has 0 atom stereocenters. The van der Waals surface area contributed by atoms with Crippen molar-refractivity contribution in [2.75, 3.05) is 25.0 Å². The Labute approximate surface area is 94.1 Å². The fraction of sp³-hybridized carbons (Fsp3) is 0.333. The Morgan fingerprint density at radius 3 is 2.62 bits per heavy atom. The van der Waals surface area contributed by atoms with Crippen LogP contribution >= 0.6 is 0 Å². The normalized spacial score (nSPS) is 11.1. The Balaban J connectivity index is 2.75. The van der Waals surface area contributed by atoms with Crippen LogP contribution in [0.1, 0.15) is 0 Å². The molecular formula is C9H12NO5S-. The van der Waals surface area contributed by atoms with Gasteiger partial charge >= 0.3 is 0 Å². The minimum absolute atomic E-state index is 0.119. The van der Waals surface area contributed by atoms with Crippen molar-refractivity contribution in [1.29, 1.82) is 0 Å². The number of methoxy groups -OCH3 is 1. The van der Waals surface area contributed by atoms with Gasteiger partial charge in [0.1, 0.15) is 12.4 Å². The molecule has 1 N–H and O–H groups in total. The molecule has 0 radical (unpaired) electrons. The monoisotopic (exact) mass is 246 g/mol. The lowest BCUT2D eigenvalue weighted by Crippen LogP contribution is -2.13. The van der Waals surface area contributed by atoms with Gasteiger partial charge in [-0.3, -0.25) is 4.72 Å². The predicted octanol–water partition coefficient (Wildman–Crippen LogP) is 0.584. The first-order valence-corrected chi connectivity index (χ1v) is 5.88. The smallest absolute Gasteiger partial charge is 0.181 e. The lowest BCUT2D eigenvalue weighted by molar-refractivity contribution is 0.146. The largest absolute Gasteiger partial charge is 0.731 e. The molecule has 1 aromatic carbocycles. The summed E-state index contributed by atoms with van der Waals surface area (Å²) in [4.78, 5) is 0. The molecule has 16 heavy (non-hydrogen) atoms. The van der Waals surface area contributed by atoms with Crippen molar-refractivity contribution in [3.05, 3.63) is 24.3 Å². The van der Waals surface area contributed by atoms with E-state index in [0.717, 1.165) is 0 Å². The average molecular weight is 246 g/mol. The molecule has 0 saturated carbocycles. The van der Waals surface area contributed by atoms with E-state index >= 15 is 0 Å². The van der Waals surface area contributed by atoms with Crippen LogP contribution in [0.2, 0.25) is 0 Å². The first-order valence-electron chi connectivity index (χ1n) is 4.47. The second-order valence-electron chi connectivity index (χ2n) is 2.89. The van der Waals surface area contributed by atoms with Crippen molar-refractivity contribution >= 4 is 16.0 Å². The van der Waals surface area contributed by atoms with Crippen LogP contribution in [0, 0.1) is 0 Å². The molecule has 0 aliphatic carbocycles. The molecule has 6 nitrogen and oxygen atoms in total. The summed E-state index contributed by atoms with van der Waals surface area (Å²) >= 11 is 0. The number of hydrogen-bond acceptors (Lipinski definition) is 5. The van der Waals surface area contributed by atoms with Crippen molar-refractivity contribution in [3.63, 3.8) is 0 Å². The van der Waals surface area contributed by atoms with Crippen LogP contribution in [0.3, 0.4) is 0 Å². The third-order valence-corrected chi connectivity index (χ3v) is 2.14. The van der Waals surface area contributed by atoms with E-state index in [-0.39, 0.29) is 12.3 Å². The number of nitrogens with one attached hydrogen (secondary N) is 1. The van der Waals surface area contributed by atoms with Gasteiger partial charge in [0.2, 0.25) is 0 Å². The molecule has 1 aromatic rings. The van der Waals surface area contributed by atoms with Gasteiger partial charge < -0.3 is 14.0 Å². The molecule has 0 bridgehead atoms. The van der Waals surface area contributed by atoms with Crippen molar-refractivity contribution in [2.45, 2.75) is 0 Å². The lowest BCUT2D eigenvalue weighted by Gasteiger charge is -2.14. The highest BCUT2D eigenvalue weighted by Gasteiger charge is 2.04. The zero-order chi connectivity index (χ0) is 12.0. The van der Waals surface area contributed by atoms with E-state index in [1.807, 2.05) is 4.72 Å². The molecule has 0 unspecified atom stereocenters. The van der Waals surface area contributed by atoms with E-state index in [1.165, 1.54) is 13.2 Å². The molecule has 0 aliphatic rings. The van der Waals surface area contributed by atoms with Gasteiger partial charge in [0.15, 0.2) is 10.3 Å². The quantitative estimate of drug-likeness (QED) is 0.586. The van der Waals surface area contributed by atoms with E-state index in [9.17, 15) is 13.0 Å². The molecule has 90 valence electrons. The van der Waals surface area contributed by atoms with Crippen LogP contribution in [0.25, 0.3) is 0 Å². The highest BCUT2D eigenvalue weighted by atomic mass is 32.2. The molecule has 0 spiro atoms. The van der Waals surface area contributed by atoms with Crippen LogP contribution in [0.5, 0.6) is 5.75 Å². The maximum atomic E-state index is 10.5. The van der Waals surface area contributed by atoms with Gasteiger partial charge in [-0.05, 0) is 12.1 Å². The summed E-state index contributed by atoms with van der Waals surface area (Å²) in [6.45, 7) is 0.645. The SMILES string of the molecule is COCCOc1ccccc1NS(=O)(=O)[O-].